The highest BCUT2D eigenvalue weighted by molar-refractivity contribution is 9.10. The molecule has 0 amide bonds. The van der Waals surface area contributed by atoms with Gasteiger partial charge in [0, 0.05) is 45.9 Å². The molecule has 4 aromatic rings. The maximum atomic E-state index is 14.9. The maximum absolute atomic E-state index is 14.9. The zero-order chi connectivity index (χ0) is 32.2. The molecular formula is C29H33BrF4N6O3Si. The molecule has 0 fully saturated rings. The molecule has 1 N–H and O–H groups in total. The number of nitrogens with one attached hydrogen (secondary N) is 1. The Morgan fingerprint density at radius 1 is 1.09 bits per heavy atom. The van der Waals surface area contributed by atoms with Crippen molar-refractivity contribution in [3.63, 3.8) is 0 Å². The molecule has 0 spiro atoms. The van der Waals surface area contributed by atoms with Crippen molar-refractivity contribution < 1.29 is 22.3 Å². The van der Waals surface area contributed by atoms with Crippen LogP contribution >= 0.6 is 15.9 Å². The first-order chi connectivity index (χ1) is 20.6. The van der Waals surface area contributed by atoms with E-state index in [1.165, 1.54) is 15.3 Å². The van der Waals surface area contributed by atoms with E-state index in [1.54, 1.807) is 18.5 Å². The van der Waals surface area contributed by atoms with Crippen LogP contribution in [0.1, 0.15) is 25.3 Å². The van der Waals surface area contributed by atoms with Gasteiger partial charge in [0.05, 0.1) is 28.4 Å². The molecule has 15 heteroatoms. The monoisotopic (exact) mass is 696 g/mol. The number of hydrogen-bond acceptors (Lipinski definition) is 7. The molecule has 1 aromatic carbocycles. The highest BCUT2D eigenvalue weighted by atomic mass is 79.9. The predicted molar refractivity (Wildman–Crippen MR) is 167 cm³/mol. The fourth-order valence-electron chi connectivity index (χ4n) is 4.36. The second kappa shape index (κ2) is 13.7. The van der Waals surface area contributed by atoms with E-state index in [-0.39, 0.29) is 35.1 Å². The quantitative estimate of drug-likeness (QED) is 0.102. The van der Waals surface area contributed by atoms with Crippen molar-refractivity contribution in [2.75, 3.05) is 11.9 Å². The molecule has 0 aliphatic rings. The van der Waals surface area contributed by atoms with Crippen LogP contribution in [-0.2, 0) is 24.2 Å². The van der Waals surface area contributed by atoms with Gasteiger partial charge < -0.3 is 14.6 Å². The van der Waals surface area contributed by atoms with Crippen molar-refractivity contribution in [1.29, 1.82) is 0 Å². The molecular weight excluding hydrogens is 664 g/mol. The number of alkyl halides is 3. The molecule has 0 saturated carbocycles. The van der Waals surface area contributed by atoms with E-state index in [9.17, 15) is 27.2 Å². The zero-order valence-electron chi connectivity index (χ0n) is 24.7. The van der Waals surface area contributed by atoms with E-state index in [0.29, 0.717) is 53.9 Å². The van der Waals surface area contributed by atoms with Crippen LogP contribution in [-0.4, -0.2) is 45.0 Å². The average Bonchev–Trinajstić information content (AvgIpc) is 2.95. The van der Waals surface area contributed by atoms with E-state index >= 15 is 0 Å². The Labute approximate surface area is 260 Å². The van der Waals surface area contributed by atoms with Crippen LogP contribution in [0, 0.1) is 5.82 Å². The van der Waals surface area contributed by atoms with Gasteiger partial charge in [0.15, 0.2) is 5.82 Å². The molecule has 0 unspecified atom stereocenters. The lowest BCUT2D eigenvalue weighted by atomic mass is 10.1. The van der Waals surface area contributed by atoms with Crippen molar-refractivity contribution >= 4 is 40.5 Å². The van der Waals surface area contributed by atoms with Crippen LogP contribution in [0.15, 0.2) is 57.0 Å². The van der Waals surface area contributed by atoms with Crippen molar-refractivity contribution in [3.8, 4) is 11.4 Å². The molecule has 44 heavy (non-hydrogen) atoms. The average molecular weight is 698 g/mol. The van der Waals surface area contributed by atoms with E-state index in [2.05, 4.69) is 56.0 Å². The number of pyridine rings is 1. The van der Waals surface area contributed by atoms with Crippen LogP contribution in [0.4, 0.5) is 23.2 Å². The minimum atomic E-state index is -4.61. The third-order valence-electron chi connectivity index (χ3n) is 6.92. The summed E-state index contributed by atoms with van der Waals surface area (Å²) in [6.45, 7) is 9.72. The molecule has 236 valence electrons. The number of ether oxygens (including phenoxy) is 1. The maximum Gasteiger partial charge on any atom is 0.419 e. The van der Waals surface area contributed by atoms with Gasteiger partial charge in [-0.1, -0.05) is 19.6 Å². The first kappa shape index (κ1) is 33.5. The van der Waals surface area contributed by atoms with E-state index in [4.69, 9.17) is 4.74 Å². The lowest BCUT2D eigenvalue weighted by Gasteiger charge is -2.18. The fraction of sp³-hybridized carbons (Fsp3) is 0.414. The summed E-state index contributed by atoms with van der Waals surface area (Å²) in [6.07, 6.45) is 0.981. The first-order valence-electron chi connectivity index (χ1n) is 14.0. The molecule has 0 radical (unpaired) electrons. The lowest BCUT2D eigenvalue weighted by molar-refractivity contribution is -0.138. The molecule has 0 saturated heterocycles. The summed E-state index contributed by atoms with van der Waals surface area (Å²) in [5, 5.41) is 8.02. The van der Waals surface area contributed by atoms with Gasteiger partial charge in [0.1, 0.15) is 17.0 Å². The number of hydrogen-bond donors (Lipinski definition) is 1. The summed E-state index contributed by atoms with van der Waals surface area (Å²) >= 11 is 3.36. The van der Waals surface area contributed by atoms with E-state index < -0.39 is 31.2 Å². The zero-order valence-corrected chi connectivity index (χ0v) is 27.3. The molecule has 0 aliphatic heterocycles. The van der Waals surface area contributed by atoms with Gasteiger partial charge in [-0.05, 0) is 65.3 Å². The SMILES string of the molecule is C[C@@H](CCCn1ccc2cc(-c3ncc(C(F)(F)F)cn3)c(F)cc2c1=O)Nc1cnn(COCC[Si](C)(C)C)c(=O)c1Br. The van der Waals surface area contributed by atoms with E-state index in [1.807, 2.05) is 6.92 Å². The highest BCUT2D eigenvalue weighted by Gasteiger charge is 2.31. The number of halogens is 5. The van der Waals surface area contributed by atoms with Gasteiger partial charge in [-0.15, -0.1) is 0 Å². The molecule has 4 rings (SSSR count). The van der Waals surface area contributed by atoms with Crippen LogP contribution in [0.5, 0.6) is 0 Å². The highest BCUT2D eigenvalue weighted by Crippen LogP contribution is 2.30. The standard InChI is InChI=1S/C29H33BrF4N6O3Si/c1-18(38-24-16-37-40(28(42)25(24)30)17-43-10-11-44(2,3)4)6-5-8-39-9-7-19-12-22(23(31)13-21(19)27(39)41)26-35-14-20(15-36-26)29(32,33)34/h7,9,12-16,18,38H,5-6,8,10-11,17H2,1-4H3/t18-/m0/s1. The summed E-state index contributed by atoms with van der Waals surface area (Å²) in [4.78, 5) is 33.1. The largest absolute Gasteiger partial charge is 0.419 e. The molecule has 0 bridgehead atoms. The Kier molecular flexibility index (Phi) is 10.4. The van der Waals surface area contributed by atoms with Gasteiger partial charge in [-0.2, -0.15) is 18.3 Å². The first-order valence-corrected chi connectivity index (χ1v) is 18.5. The summed E-state index contributed by atoms with van der Waals surface area (Å²) in [5.74, 6) is -1.03. The van der Waals surface area contributed by atoms with Gasteiger partial charge in [0.2, 0.25) is 0 Å². The van der Waals surface area contributed by atoms with Gasteiger partial charge in [0.25, 0.3) is 11.1 Å². The molecule has 3 aromatic heterocycles. The van der Waals surface area contributed by atoms with Gasteiger partial charge in [-0.3, -0.25) is 9.59 Å². The molecule has 9 nitrogen and oxygen atoms in total. The van der Waals surface area contributed by atoms with Crippen molar-refractivity contribution in [2.45, 2.75) is 70.9 Å². The number of rotatable bonds is 12. The summed E-state index contributed by atoms with van der Waals surface area (Å²) < 4.78 is 62.1. The summed E-state index contributed by atoms with van der Waals surface area (Å²) in [6, 6.07) is 4.97. The Hall–Kier alpha value is -3.43. The fourth-order valence-corrected chi connectivity index (χ4v) is 5.54. The van der Waals surface area contributed by atoms with E-state index in [0.717, 1.165) is 12.1 Å². The second-order valence-corrected chi connectivity index (χ2v) is 18.2. The van der Waals surface area contributed by atoms with Crippen LogP contribution in [0.25, 0.3) is 22.2 Å². The minimum Gasteiger partial charge on any atom is -0.380 e. The predicted octanol–water partition coefficient (Wildman–Crippen LogP) is 6.53. The van der Waals surface area contributed by atoms with Crippen molar-refractivity contribution in [2.24, 2.45) is 0 Å². The number of aryl methyl sites for hydroxylation is 1. The normalized spacial score (nSPS) is 12.9. The topological polar surface area (TPSA) is 104 Å². The number of anilines is 1. The van der Waals surface area contributed by atoms with Crippen molar-refractivity contribution in [3.05, 3.63) is 79.5 Å². The Morgan fingerprint density at radius 2 is 1.80 bits per heavy atom. The Morgan fingerprint density at radius 3 is 2.45 bits per heavy atom. The second-order valence-electron chi connectivity index (χ2n) is 11.7. The number of benzene rings is 1. The van der Waals surface area contributed by atoms with Crippen LogP contribution < -0.4 is 16.4 Å². The lowest BCUT2D eigenvalue weighted by Crippen LogP contribution is -2.28. The van der Waals surface area contributed by atoms with Gasteiger partial charge in [-0.25, -0.2) is 19.0 Å². The van der Waals surface area contributed by atoms with Gasteiger partial charge >= 0.3 is 6.18 Å². The summed E-state index contributed by atoms with van der Waals surface area (Å²) in [7, 11) is -1.23. The Bertz CT molecular complexity index is 1740. The third kappa shape index (κ3) is 8.39. The van der Waals surface area contributed by atoms with Crippen LogP contribution in [0.2, 0.25) is 25.7 Å². The smallest absolute Gasteiger partial charge is 0.380 e. The van der Waals surface area contributed by atoms with Crippen molar-refractivity contribution in [1.82, 2.24) is 24.3 Å². The van der Waals surface area contributed by atoms with Crippen LogP contribution in [0.3, 0.4) is 0 Å². The Balaban J connectivity index is 1.36. The number of fused-ring (bicyclic) bond motifs is 1. The number of aromatic nitrogens is 5. The minimum absolute atomic E-state index is 0.0590. The molecule has 3 heterocycles. The number of nitrogens with zero attached hydrogens (tertiary/aromatic N) is 5. The third-order valence-corrected chi connectivity index (χ3v) is 9.39. The molecule has 1 atom stereocenters. The molecule has 0 aliphatic carbocycles. The summed E-state index contributed by atoms with van der Waals surface area (Å²) in [5.41, 5.74) is -1.30.